The van der Waals surface area contributed by atoms with Crippen molar-refractivity contribution in [2.45, 2.75) is 32.4 Å². The van der Waals surface area contributed by atoms with Gasteiger partial charge < -0.3 is 9.72 Å². The number of fused-ring (bicyclic) bond motifs is 1. The van der Waals surface area contributed by atoms with Crippen LogP contribution in [-0.4, -0.2) is 51.4 Å². The van der Waals surface area contributed by atoms with Crippen LogP contribution in [0.15, 0.2) is 78.1 Å². The molecule has 0 atom stereocenters. The highest BCUT2D eigenvalue weighted by Crippen LogP contribution is 2.19. The molecule has 2 heterocycles. The molecule has 10 heteroatoms. The first-order chi connectivity index (χ1) is 17.0. The van der Waals surface area contributed by atoms with Crippen molar-refractivity contribution in [3.05, 3.63) is 89.2 Å². The molecule has 4 aromatic rings. The first-order valence-electron chi connectivity index (χ1n) is 11.6. The van der Waals surface area contributed by atoms with Gasteiger partial charge in [-0.05, 0) is 49.1 Å². The van der Waals surface area contributed by atoms with Gasteiger partial charge in [0, 0.05) is 36.6 Å². The van der Waals surface area contributed by atoms with Crippen molar-refractivity contribution in [1.82, 2.24) is 24.1 Å². The number of hydrogen-bond donors (Lipinski definition) is 1. The third kappa shape index (κ3) is 7.24. The Hall–Kier alpha value is -3.50. The number of ether oxygens (including phenoxy) is 1. The Bertz CT molecular complexity index is 1370. The van der Waals surface area contributed by atoms with Gasteiger partial charge in [0.05, 0.1) is 12.4 Å². The number of pyridine rings is 1. The minimum Gasteiger partial charge on any atom is -0.494 e. The summed E-state index contributed by atoms with van der Waals surface area (Å²) in [4.78, 5) is 18.1. The molecule has 0 fully saturated rings. The molecule has 0 spiro atoms. The molecular weight excluding hydrogens is 466 g/mol. The maximum absolute atomic E-state index is 13.1. The monoisotopic (exact) mass is 495 g/mol. The third-order valence-corrected chi connectivity index (χ3v) is 7.52. The van der Waals surface area contributed by atoms with Crippen molar-refractivity contribution in [1.29, 1.82) is 0 Å². The summed E-state index contributed by atoms with van der Waals surface area (Å²) in [6, 6.07) is 18.4. The zero-order chi connectivity index (χ0) is 24.5. The normalized spacial score (nSPS) is 11.8. The quantitative estimate of drug-likeness (QED) is 0.285. The Labute approximate surface area is 204 Å². The van der Waals surface area contributed by atoms with Gasteiger partial charge >= 0.3 is 0 Å². The minimum atomic E-state index is -3.44. The fourth-order valence-electron chi connectivity index (χ4n) is 3.79. The van der Waals surface area contributed by atoms with Crippen LogP contribution in [0.5, 0.6) is 5.75 Å². The van der Waals surface area contributed by atoms with Gasteiger partial charge in [0.2, 0.25) is 15.6 Å². The number of hydrogen-bond acceptors (Lipinski definition) is 6. The van der Waals surface area contributed by atoms with E-state index < -0.39 is 10.0 Å². The number of sulfonamides is 1. The number of aromatic amines is 1. The van der Waals surface area contributed by atoms with Crippen LogP contribution in [0.25, 0.3) is 10.9 Å². The molecule has 0 bridgehead atoms. The topological polar surface area (TPSA) is 110 Å². The van der Waals surface area contributed by atoms with Crippen molar-refractivity contribution < 1.29 is 13.2 Å². The summed E-state index contributed by atoms with van der Waals surface area (Å²) in [5, 5.41) is 4.93. The Morgan fingerprint density at radius 3 is 2.66 bits per heavy atom. The van der Waals surface area contributed by atoms with Crippen molar-refractivity contribution in [3.8, 4) is 5.75 Å². The Morgan fingerprint density at radius 2 is 1.86 bits per heavy atom. The first kappa shape index (κ1) is 24.6. The Morgan fingerprint density at radius 1 is 1.00 bits per heavy atom. The molecule has 0 saturated heterocycles. The van der Waals surface area contributed by atoms with Crippen LogP contribution in [0.3, 0.4) is 0 Å². The van der Waals surface area contributed by atoms with Gasteiger partial charge in [-0.25, -0.2) is 13.4 Å². The van der Waals surface area contributed by atoms with E-state index in [2.05, 4.69) is 15.1 Å². The second-order valence-electron chi connectivity index (χ2n) is 8.27. The second kappa shape index (κ2) is 11.8. The molecule has 0 radical (unpaired) electrons. The van der Waals surface area contributed by atoms with Crippen LogP contribution >= 0.6 is 0 Å². The Kier molecular flexibility index (Phi) is 8.27. The Balaban J connectivity index is 1.30. The highest BCUT2D eigenvalue weighted by atomic mass is 32.2. The predicted molar refractivity (Wildman–Crippen MR) is 135 cm³/mol. The lowest BCUT2D eigenvalue weighted by Gasteiger charge is -2.22. The number of aromatic nitrogens is 4. The summed E-state index contributed by atoms with van der Waals surface area (Å²) in [5.74, 6) is 0.765. The van der Waals surface area contributed by atoms with Crippen LogP contribution in [0.2, 0.25) is 0 Å². The molecule has 0 amide bonds. The highest BCUT2D eigenvalue weighted by molar-refractivity contribution is 7.89. The van der Waals surface area contributed by atoms with E-state index in [1.54, 1.807) is 21.4 Å². The lowest BCUT2D eigenvalue weighted by molar-refractivity contribution is 0.296. The van der Waals surface area contributed by atoms with E-state index in [1.165, 1.54) is 12.4 Å². The molecule has 184 valence electrons. The lowest BCUT2D eigenvalue weighted by atomic mass is 10.2. The molecule has 0 saturated carbocycles. The predicted octanol–water partition coefficient (Wildman–Crippen LogP) is 3.20. The minimum absolute atomic E-state index is 0.0510. The molecule has 1 N–H and O–H groups in total. The average molecular weight is 496 g/mol. The number of H-pyrrole nitrogens is 1. The maximum Gasteiger partial charge on any atom is 0.248 e. The van der Waals surface area contributed by atoms with E-state index in [0.29, 0.717) is 51.3 Å². The van der Waals surface area contributed by atoms with E-state index in [4.69, 9.17) is 4.74 Å². The lowest BCUT2D eigenvalue weighted by Crippen LogP contribution is -2.34. The van der Waals surface area contributed by atoms with E-state index in [0.717, 1.165) is 16.5 Å². The smallest absolute Gasteiger partial charge is 0.248 e. The van der Waals surface area contributed by atoms with Crippen molar-refractivity contribution in [2.75, 3.05) is 18.9 Å². The van der Waals surface area contributed by atoms with Crippen LogP contribution < -0.4 is 10.3 Å². The second-order valence-corrected chi connectivity index (χ2v) is 10.4. The van der Waals surface area contributed by atoms with Gasteiger partial charge in [-0.2, -0.15) is 9.40 Å². The van der Waals surface area contributed by atoms with Gasteiger partial charge in [-0.1, -0.05) is 30.3 Å². The summed E-state index contributed by atoms with van der Waals surface area (Å²) in [6.45, 7) is 1.74. The number of benzene rings is 2. The number of nitrogens with zero attached hydrogens (tertiary/aromatic N) is 4. The summed E-state index contributed by atoms with van der Waals surface area (Å²) in [5.41, 5.74) is 1.58. The third-order valence-electron chi connectivity index (χ3n) is 5.62. The van der Waals surface area contributed by atoms with Gasteiger partial charge in [-0.3, -0.25) is 9.48 Å². The maximum atomic E-state index is 13.1. The molecule has 0 aliphatic carbocycles. The molecule has 2 aromatic heterocycles. The van der Waals surface area contributed by atoms with Crippen LogP contribution in [0.1, 0.15) is 24.8 Å². The van der Waals surface area contributed by atoms with Gasteiger partial charge in [0.15, 0.2) is 0 Å². The van der Waals surface area contributed by atoms with E-state index in [9.17, 15) is 13.2 Å². The average Bonchev–Trinajstić information content (AvgIpc) is 3.37. The van der Waals surface area contributed by atoms with Crippen molar-refractivity contribution >= 4 is 20.9 Å². The molecule has 0 aliphatic rings. The molecule has 2 aromatic carbocycles. The molecule has 4 rings (SSSR count). The largest absolute Gasteiger partial charge is 0.494 e. The molecule has 35 heavy (non-hydrogen) atoms. The first-order valence-corrected chi connectivity index (χ1v) is 13.2. The number of aryl methyl sites for hydroxylation is 1. The highest BCUT2D eigenvalue weighted by Gasteiger charge is 2.21. The summed E-state index contributed by atoms with van der Waals surface area (Å²) in [7, 11) is -3.44. The molecule has 0 unspecified atom stereocenters. The van der Waals surface area contributed by atoms with Crippen LogP contribution in [-0.2, 0) is 23.1 Å². The van der Waals surface area contributed by atoms with Crippen molar-refractivity contribution in [3.63, 3.8) is 0 Å². The number of nitrogens with one attached hydrogen (secondary N) is 1. The van der Waals surface area contributed by atoms with Gasteiger partial charge in [0.25, 0.3) is 0 Å². The number of unbranched alkanes of at least 4 members (excludes halogenated alkanes) is 1. The van der Waals surface area contributed by atoms with Crippen molar-refractivity contribution in [2.24, 2.45) is 0 Å². The molecule has 9 nitrogen and oxygen atoms in total. The van der Waals surface area contributed by atoms with Gasteiger partial charge in [0.1, 0.15) is 18.4 Å². The number of rotatable bonds is 13. The van der Waals surface area contributed by atoms with E-state index in [-0.39, 0.29) is 11.3 Å². The van der Waals surface area contributed by atoms with E-state index >= 15 is 0 Å². The van der Waals surface area contributed by atoms with E-state index in [1.807, 2.05) is 48.5 Å². The van der Waals surface area contributed by atoms with Crippen LogP contribution in [0.4, 0.5) is 0 Å². The zero-order valence-corrected chi connectivity index (χ0v) is 20.2. The van der Waals surface area contributed by atoms with Gasteiger partial charge in [-0.15, -0.1) is 0 Å². The fourth-order valence-corrected chi connectivity index (χ4v) is 5.30. The van der Waals surface area contributed by atoms with Crippen LogP contribution in [0, 0.1) is 0 Å². The molecule has 0 aliphatic heterocycles. The summed E-state index contributed by atoms with van der Waals surface area (Å²) >= 11 is 0. The fraction of sp³-hybridized carbons (Fsp3) is 0.320. The SMILES string of the molecule is O=c1ccc2cc(OCCCCN(Cc3ccccc3)S(=O)(=O)CCCn3cncn3)ccc2[nH]1. The summed E-state index contributed by atoms with van der Waals surface area (Å²) in [6.07, 6.45) is 4.88. The molecular formula is C25H29N5O4S. The zero-order valence-electron chi connectivity index (χ0n) is 19.4. The summed E-state index contributed by atoms with van der Waals surface area (Å²) < 4.78 is 35.3. The standard InChI is InChI=1S/C25H29N5O4S/c31-25-12-9-22-17-23(10-11-24(22)28-25)34-15-5-4-14-30(18-21-7-2-1-3-8-21)35(32,33)16-6-13-29-20-26-19-27-29/h1-3,7-12,17,19-20H,4-6,13-16,18H2,(H,28,31).